The molecule has 6 nitrogen and oxygen atoms in total. The number of methoxy groups -OCH3 is 1. The number of nitrogens with two attached hydrogens (primary N) is 1. The van der Waals surface area contributed by atoms with Crippen molar-refractivity contribution in [3.63, 3.8) is 0 Å². The van der Waals surface area contributed by atoms with Crippen LogP contribution in [-0.2, 0) is 9.47 Å². The predicted molar refractivity (Wildman–Crippen MR) is 69.1 cm³/mol. The van der Waals surface area contributed by atoms with E-state index in [0.717, 1.165) is 25.9 Å². The Kier molecular flexibility index (Phi) is 4.57. The zero-order chi connectivity index (χ0) is 13.7. The van der Waals surface area contributed by atoms with Gasteiger partial charge in [0, 0.05) is 6.61 Å². The number of aromatic nitrogens is 1. The van der Waals surface area contributed by atoms with Gasteiger partial charge in [-0.25, -0.2) is 9.78 Å². The molecule has 1 aliphatic rings. The third-order valence-corrected chi connectivity index (χ3v) is 2.99. The van der Waals surface area contributed by atoms with Crippen LogP contribution in [0, 0.1) is 0 Å². The first-order valence-electron chi connectivity index (χ1n) is 6.29. The molecule has 1 aromatic heterocycles. The molecule has 1 saturated heterocycles. The van der Waals surface area contributed by atoms with Crippen molar-refractivity contribution in [3.05, 3.63) is 17.8 Å². The molecule has 0 amide bonds. The van der Waals surface area contributed by atoms with Gasteiger partial charge >= 0.3 is 5.97 Å². The fraction of sp³-hybridized carbons (Fsp3) is 0.538. The minimum absolute atomic E-state index is 0.0665. The lowest BCUT2D eigenvalue weighted by Crippen LogP contribution is -2.26. The van der Waals surface area contributed by atoms with E-state index in [4.69, 9.17) is 19.9 Å². The highest BCUT2D eigenvalue weighted by molar-refractivity contribution is 5.93. The maximum absolute atomic E-state index is 11.6. The highest BCUT2D eigenvalue weighted by Gasteiger charge is 2.18. The molecule has 2 heterocycles. The van der Waals surface area contributed by atoms with Gasteiger partial charge in [-0.05, 0) is 25.3 Å². The van der Waals surface area contributed by atoms with Gasteiger partial charge in [-0.15, -0.1) is 0 Å². The van der Waals surface area contributed by atoms with Crippen LogP contribution in [0.1, 0.15) is 29.6 Å². The Labute approximate surface area is 111 Å². The van der Waals surface area contributed by atoms with Crippen molar-refractivity contribution in [2.24, 2.45) is 0 Å². The number of pyridine rings is 1. The first-order valence-corrected chi connectivity index (χ1v) is 6.29. The highest BCUT2D eigenvalue weighted by atomic mass is 16.5. The molecule has 1 aliphatic heterocycles. The Morgan fingerprint density at radius 1 is 1.58 bits per heavy atom. The summed E-state index contributed by atoms with van der Waals surface area (Å²) in [7, 11) is 1.31. The molecule has 19 heavy (non-hydrogen) atoms. The molecule has 0 bridgehead atoms. The fourth-order valence-corrected chi connectivity index (χ4v) is 1.97. The van der Waals surface area contributed by atoms with Gasteiger partial charge in [-0.1, -0.05) is 0 Å². The molecule has 1 aromatic rings. The molecule has 104 valence electrons. The van der Waals surface area contributed by atoms with E-state index < -0.39 is 5.97 Å². The van der Waals surface area contributed by atoms with Crippen LogP contribution in [0.15, 0.2) is 12.3 Å². The molecule has 0 aromatic carbocycles. The normalized spacial score (nSPS) is 18.9. The molecule has 1 atom stereocenters. The smallest absolute Gasteiger partial charge is 0.341 e. The Morgan fingerprint density at radius 2 is 2.42 bits per heavy atom. The summed E-state index contributed by atoms with van der Waals surface area (Å²) in [6.07, 6.45) is 4.70. The summed E-state index contributed by atoms with van der Waals surface area (Å²) in [6, 6.07) is 1.45. The largest absolute Gasteiger partial charge is 0.488 e. The average molecular weight is 266 g/mol. The van der Waals surface area contributed by atoms with Gasteiger partial charge in [0.25, 0.3) is 0 Å². The first-order chi connectivity index (χ1) is 9.20. The first kappa shape index (κ1) is 13.6. The second kappa shape index (κ2) is 6.38. The second-order valence-corrected chi connectivity index (χ2v) is 4.40. The Balaban J connectivity index is 2.04. The minimum atomic E-state index is -0.492. The lowest BCUT2D eigenvalue weighted by molar-refractivity contribution is -0.0114. The van der Waals surface area contributed by atoms with E-state index in [2.05, 4.69) is 4.98 Å². The lowest BCUT2D eigenvalue weighted by Gasteiger charge is -2.22. The van der Waals surface area contributed by atoms with E-state index in [1.807, 2.05) is 0 Å². The number of rotatable bonds is 4. The third-order valence-electron chi connectivity index (χ3n) is 2.99. The van der Waals surface area contributed by atoms with Crippen molar-refractivity contribution in [3.8, 4) is 5.75 Å². The van der Waals surface area contributed by atoms with Crippen LogP contribution in [0.2, 0.25) is 0 Å². The molecule has 0 spiro atoms. The third kappa shape index (κ3) is 3.57. The second-order valence-electron chi connectivity index (χ2n) is 4.40. The summed E-state index contributed by atoms with van der Waals surface area (Å²) in [5.74, 6) is 0.130. The summed E-state index contributed by atoms with van der Waals surface area (Å²) in [5, 5.41) is 0. The molecule has 1 unspecified atom stereocenters. The van der Waals surface area contributed by atoms with Crippen LogP contribution in [0.25, 0.3) is 0 Å². The summed E-state index contributed by atoms with van der Waals surface area (Å²) in [4.78, 5) is 15.5. The maximum Gasteiger partial charge on any atom is 0.341 e. The van der Waals surface area contributed by atoms with Crippen molar-refractivity contribution in [2.75, 3.05) is 26.1 Å². The zero-order valence-corrected chi connectivity index (χ0v) is 10.9. The molecule has 6 heteroatoms. The van der Waals surface area contributed by atoms with Crippen molar-refractivity contribution in [2.45, 2.75) is 25.4 Å². The molecule has 0 aliphatic carbocycles. The predicted octanol–water partition coefficient (Wildman–Crippen LogP) is 1.40. The van der Waals surface area contributed by atoms with Gasteiger partial charge in [0.05, 0.1) is 19.4 Å². The van der Waals surface area contributed by atoms with Gasteiger partial charge in [0.15, 0.2) is 5.75 Å². The van der Waals surface area contributed by atoms with E-state index in [0.29, 0.717) is 12.4 Å². The van der Waals surface area contributed by atoms with Crippen LogP contribution in [0.4, 0.5) is 5.82 Å². The van der Waals surface area contributed by atoms with Gasteiger partial charge in [-0.3, -0.25) is 0 Å². The van der Waals surface area contributed by atoms with Gasteiger partial charge < -0.3 is 19.9 Å². The fourth-order valence-electron chi connectivity index (χ4n) is 1.97. The van der Waals surface area contributed by atoms with E-state index in [-0.39, 0.29) is 17.5 Å². The number of carbonyl (C=O) groups is 1. The summed E-state index contributed by atoms with van der Waals surface area (Å²) in [6.45, 7) is 1.16. The van der Waals surface area contributed by atoms with Crippen LogP contribution in [-0.4, -0.2) is 37.4 Å². The number of hydrogen-bond acceptors (Lipinski definition) is 6. The minimum Gasteiger partial charge on any atom is -0.488 e. The summed E-state index contributed by atoms with van der Waals surface area (Å²) >= 11 is 0. The zero-order valence-electron chi connectivity index (χ0n) is 10.9. The number of nitrogens with zero attached hydrogens (tertiary/aromatic N) is 1. The Morgan fingerprint density at radius 3 is 3.11 bits per heavy atom. The number of esters is 1. The number of nitrogen functional groups attached to an aromatic ring is 1. The SMILES string of the molecule is COC(=O)c1cc(N)ncc1OCC1CCCCO1. The highest BCUT2D eigenvalue weighted by Crippen LogP contribution is 2.22. The average Bonchev–Trinajstić information content (AvgIpc) is 2.46. The Bertz CT molecular complexity index is 444. The van der Waals surface area contributed by atoms with Crippen LogP contribution < -0.4 is 10.5 Å². The number of carbonyl (C=O) groups excluding carboxylic acids is 1. The van der Waals surface area contributed by atoms with Crippen molar-refractivity contribution in [1.29, 1.82) is 0 Å². The van der Waals surface area contributed by atoms with Gasteiger partial charge in [0.1, 0.15) is 18.0 Å². The Hall–Kier alpha value is -1.82. The van der Waals surface area contributed by atoms with Crippen LogP contribution in [0.5, 0.6) is 5.75 Å². The monoisotopic (exact) mass is 266 g/mol. The maximum atomic E-state index is 11.6. The van der Waals surface area contributed by atoms with Crippen molar-refractivity contribution >= 4 is 11.8 Å². The van der Waals surface area contributed by atoms with Crippen LogP contribution in [0.3, 0.4) is 0 Å². The molecule has 0 radical (unpaired) electrons. The number of anilines is 1. The summed E-state index contributed by atoms with van der Waals surface area (Å²) in [5.41, 5.74) is 5.84. The van der Waals surface area contributed by atoms with E-state index >= 15 is 0 Å². The number of ether oxygens (including phenoxy) is 3. The quantitative estimate of drug-likeness (QED) is 0.829. The molecule has 2 N–H and O–H groups in total. The molecular weight excluding hydrogens is 248 g/mol. The van der Waals surface area contributed by atoms with E-state index in [1.54, 1.807) is 0 Å². The number of hydrogen-bond donors (Lipinski definition) is 1. The van der Waals surface area contributed by atoms with E-state index in [9.17, 15) is 4.79 Å². The van der Waals surface area contributed by atoms with Gasteiger partial charge in [-0.2, -0.15) is 0 Å². The van der Waals surface area contributed by atoms with Gasteiger partial charge in [0.2, 0.25) is 0 Å². The molecule has 1 fully saturated rings. The standard InChI is InChI=1S/C13H18N2O4/c1-17-13(16)10-6-12(14)15-7-11(10)19-8-9-4-2-3-5-18-9/h6-7,9H,2-5,8H2,1H3,(H2,14,15). The summed E-state index contributed by atoms with van der Waals surface area (Å²) < 4.78 is 15.9. The lowest BCUT2D eigenvalue weighted by atomic mass is 10.1. The van der Waals surface area contributed by atoms with Crippen molar-refractivity contribution < 1.29 is 19.0 Å². The van der Waals surface area contributed by atoms with Crippen molar-refractivity contribution in [1.82, 2.24) is 4.98 Å². The van der Waals surface area contributed by atoms with E-state index in [1.165, 1.54) is 19.4 Å². The topological polar surface area (TPSA) is 83.7 Å². The molecule has 0 saturated carbocycles. The molecule has 2 rings (SSSR count). The molecular formula is C13H18N2O4. The van der Waals surface area contributed by atoms with Crippen LogP contribution >= 0.6 is 0 Å².